The molecule has 7 heteroatoms. The van der Waals surface area contributed by atoms with Gasteiger partial charge in [-0.2, -0.15) is 0 Å². The number of benzene rings is 2. The van der Waals surface area contributed by atoms with Gasteiger partial charge in [0.25, 0.3) is 0 Å². The van der Waals surface area contributed by atoms with E-state index in [0.717, 1.165) is 17.7 Å². The molecule has 0 aliphatic carbocycles. The van der Waals surface area contributed by atoms with Crippen LogP contribution in [0.25, 0.3) is 0 Å². The maximum atomic E-state index is 13.1. The number of ether oxygens (including phenoxy) is 1. The lowest BCUT2D eigenvalue weighted by molar-refractivity contribution is 0.414. The molecular weight excluding hydrogens is 312 g/mol. The second-order valence-corrected chi connectivity index (χ2v) is 6.34. The summed E-state index contributed by atoms with van der Waals surface area (Å²) in [5.74, 6) is -1.57. The Morgan fingerprint density at radius 2 is 1.73 bits per heavy atom. The molecule has 0 bridgehead atoms. The Balaban J connectivity index is 1.98. The number of nitrogens with one attached hydrogen (secondary N) is 1. The first-order chi connectivity index (χ1) is 10.4. The SMILES string of the molecule is COc1ccc(CCNS(=O)(=O)c2ccc(F)c(F)c2)cc1. The second-order valence-electron chi connectivity index (χ2n) is 4.57. The predicted molar refractivity (Wildman–Crippen MR) is 78.2 cm³/mol. The number of hydrogen-bond acceptors (Lipinski definition) is 3. The van der Waals surface area contributed by atoms with Crippen LogP contribution in [-0.2, 0) is 16.4 Å². The highest BCUT2D eigenvalue weighted by Gasteiger charge is 2.15. The van der Waals surface area contributed by atoms with Gasteiger partial charge in [-0.1, -0.05) is 12.1 Å². The van der Waals surface area contributed by atoms with Crippen LogP contribution in [0.1, 0.15) is 5.56 Å². The molecule has 0 radical (unpaired) electrons. The van der Waals surface area contributed by atoms with E-state index in [1.165, 1.54) is 0 Å². The van der Waals surface area contributed by atoms with E-state index in [2.05, 4.69) is 4.72 Å². The predicted octanol–water partition coefficient (Wildman–Crippen LogP) is 2.49. The van der Waals surface area contributed by atoms with Crippen LogP contribution < -0.4 is 9.46 Å². The van der Waals surface area contributed by atoms with Crippen molar-refractivity contribution in [2.75, 3.05) is 13.7 Å². The van der Waals surface area contributed by atoms with E-state index < -0.39 is 21.7 Å². The third-order valence-electron chi connectivity index (χ3n) is 3.07. The van der Waals surface area contributed by atoms with Crippen molar-refractivity contribution in [1.29, 1.82) is 0 Å². The van der Waals surface area contributed by atoms with Crippen LogP contribution in [0, 0.1) is 11.6 Å². The number of halogens is 2. The summed E-state index contributed by atoms with van der Waals surface area (Å²) in [6.45, 7) is 0.146. The van der Waals surface area contributed by atoms with Gasteiger partial charge >= 0.3 is 0 Å². The summed E-state index contributed by atoms with van der Waals surface area (Å²) in [5, 5.41) is 0. The summed E-state index contributed by atoms with van der Waals surface area (Å²) in [5.41, 5.74) is 0.925. The highest BCUT2D eigenvalue weighted by molar-refractivity contribution is 7.89. The zero-order valence-corrected chi connectivity index (χ0v) is 12.7. The molecule has 2 rings (SSSR count). The number of methoxy groups -OCH3 is 1. The molecule has 0 atom stereocenters. The van der Waals surface area contributed by atoms with Gasteiger partial charge in [0.15, 0.2) is 11.6 Å². The molecule has 1 N–H and O–H groups in total. The Hall–Kier alpha value is -1.99. The van der Waals surface area contributed by atoms with Gasteiger partial charge in [-0.15, -0.1) is 0 Å². The molecule has 0 aliphatic heterocycles. The minimum atomic E-state index is -3.86. The standard InChI is InChI=1S/C15H15F2NO3S/c1-21-12-4-2-11(3-5-12)8-9-18-22(19,20)13-6-7-14(16)15(17)10-13/h2-7,10,18H,8-9H2,1H3. The van der Waals surface area contributed by atoms with E-state index >= 15 is 0 Å². The van der Waals surface area contributed by atoms with Crippen LogP contribution in [0.15, 0.2) is 47.4 Å². The second kappa shape index (κ2) is 6.85. The Morgan fingerprint density at radius 3 is 2.32 bits per heavy atom. The highest BCUT2D eigenvalue weighted by Crippen LogP contribution is 2.14. The van der Waals surface area contributed by atoms with Crippen molar-refractivity contribution in [1.82, 2.24) is 4.72 Å². The lowest BCUT2D eigenvalue weighted by Crippen LogP contribution is -2.26. The summed E-state index contributed by atoms with van der Waals surface area (Å²) in [7, 11) is -2.30. The first kappa shape index (κ1) is 16.4. The van der Waals surface area contributed by atoms with Crippen molar-refractivity contribution in [2.24, 2.45) is 0 Å². The lowest BCUT2D eigenvalue weighted by atomic mass is 10.1. The minimum absolute atomic E-state index is 0.146. The van der Waals surface area contributed by atoms with Crippen molar-refractivity contribution >= 4 is 10.0 Å². The van der Waals surface area contributed by atoms with Gasteiger partial charge in [0.1, 0.15) is 5.75 Å². The Bertz CT molecular complexity index is 746. The summed E-state index contributed by atoms with van der Waals surface area (Å²) >= 11 is 0. The quantitative estimate of drug-likeness (QED) is 0.887. The third kappa shape index (κ3) is 4.02. The molecule has 0 saturated heterocycles. The van der Waals surface area contributed by atoms with Crippen molar-refractivity contribution < 1.29 is 21.9 Å². The maximum Gasteiger partial charge on any atom is 0.240 e. The van der Waals surface area contributed by atoms with Crippen LogP contribution in [0.4, 0.5) is 8.78 Å². The molecule has 0 aliphatic rings. The highest BCUT2D eigenvalue weighted by atomic mass is 32.2. The molecule has 2 aromatic rings. The molecule has 0 fully saturated rings. The number of sulfonamides is 1. The minimum Gasteiger partial charge on any atom is -0.497 e. The van der Waals surface area contributed by atoms with Crippen LogP contribution in [0.2, 0.25) is 0 Å². The van der Waals surface area contributed by atoms with E-state index in [1.54, 1.807) is 19.2 Å². The molecule has 0 unspecified atom stereocenters. The van der Waals surface area contributed by atoms with Crippen molar-refractivity contribution in [3.05, 3.63) is 59.7 Å². The van der Waals surface area contributed by atoms with Crippen molar-refractivity contribution in [2.45, 2.75) is 11.3 Å². The molecule has 0 aromatic heterocycles. The smallest absolute Gasteiger partial charge is 0.240 e. The monoisotopic (exact) mass is 327 g/mol. The zero-order chi connectivity index (χ0) is 16.2. The fraction of sp³-hybridized carbons (Fsp3) is 0.200. The molecule has 2 aromatic carbocycles. The van der Waals surface area contributed by atoms with Gasteiger partial charge in [0, 0.05) is 6.54 Å². The fourth-order valence-electron chi connectivity index (χ4n) is 1.85. The molecule has 0 amide bonds. The fourth-order valence-corrected chi connectivity index (χ4v) is 2.89. The number of hydrogen-bond donors (Lipinski definition) is 1. The summed E-state index contributed by atoms with van der Waals surface area (Å²) < 4.78 is 57.2. The Kier molecular flexibility index (Phi) is 5.10. The molecular formula is C15H15F2NO3S. The van der Waals surface area contributed by atoms with Gasteiger partial charge in [-0.3, -0.25) is 0 Å². The Morgan fingerprint density at radius 1 is 1.05 bits per heavy atom. The first-order valence-corrected chi connectivity index (χ1v) is 7.98. The third-order valence-corrected chi connectivity index (χ3v) is 4.52. The van der Waals surface area contributed by atoms with Gasteiger partial charge < -0.3 is 4.74 Å². The van der Waals surface area contributed by atoms with E-state index in [-0.39, 0.29) is 11.4 Å². The Labute approximate surface area is 127 Å². The molecule has 0 spiro atoms. The normalized spacial score (nSPS) is 11.4. The topological polar surface area (TPSA) is 55.4 Å². The van der Waals surface area contributed by atoms with Gasteiger partial charge in [0.05, 0.1) is 12.0 Å². The van der Waals surface area contributed by atoms with Gasteiger partial charge in [-0.25, -0.2) is 21.9 Å². The van der Waals surface area contributed by atoms with Crippen LogP contribution in [0.3, 0.4) is 0 Å². The molecule has 22 heavy (non-hydrogen) atoms. The van der Waals surface area contributed by atoms with Crippen LogP contribution >= 0.6 is 0 Å². The first-order valence-electron chi connectivity index (χ1n) is 6.50. The molecule has 0 heterocycles. The van der Waals surface area contributed by atoms with E-state index in [4.69, 9.17) is 4.74 Å². The lowest BCUT2D eigenvalue weighted by Gasteiger charge is -2.08. The zero-order valence-electron chi connectivity index (χ0n) is 11.8. The van der Waals surface area contributed by atoms with Crippen molar-refractivity contribution in [3.63, 3.8) is 0 Å². The van der Waals surface area contributed by atoms with E-state index in [0.29, 0.717) is 18.2 Å². The molecule has 118 valence electrons. The molecule has 4 nitrogen and oxygen atoms in total. The summed E-state index contributed by atoms with van der Waals surface area (Å²) in [4.78, 5) is -0.305. The van der Waals surface area contributed by atoms with E-state index in [9.17, 15) is 17.2 Å². The van der Waals surface area contributed by atoms with Gasteiger partial charge in [0.2, 0.25) is 10.0 Å². The average Bonchev–Trinajstić information content (AvgIpc) is 2.50. The molecule has 0 saturated carbocycles. The van der Waals surface area contributed by atoms with Crippen LogP contribution in [0.5, 0.6) is 5.75 Å². The average molecular weight is 327 g/mol. The summed E-state index contributed by atoms with van der Waals surface area (Å²) in [6.07, 6.45) is 0.465. The maximum absolute atomic E-state index is 13.1. The van der Waals surface area contributed by atoms with Gasteiger partial charge in [-0.05, 0) is 42.3 Å². The number of rotatable bonds is 6. The largest absolute Gasteiger partial charge is 0.497 e. The van der Waals surface area contributed by atoms with E-state index in [1.807, 2.05) is 12.1 Å². The summed E-state index contributed by atoms with van der Waals surface area (Å²) in [6, 6.07) is 9.67. The van der Waals surface area contributed by atoms with Crippen LogP contribution in [-0.4, -0.2) is 22.1 Å². The van der Waals surface area contributed by atoms with Crippen molar-refractivity contribution in [3.8, 4) is 5.75 Å².